The van der Waals surface area contributed by atoms with Crippen molar-refractivity contribution in [3.8, 4) is 0 Å². The Bertz CT molecular complexity index is 455. The van der Waals surface area contributed by atoms with E-state index in [1.165, 1.54) is 0 Å². The second kappa shape index (κ2) is 7.78. The van der Waals surface area contributed by atoms with Crippen molar-refractivity contribution in [1.29, 1.82) is 0 Å². The van der Waals surface area contributed by atoms with Crippen LogP contribution >= 0.6 is 11.6 Å². The molecular weight excluding hydrogens is 290 g/mol. The van der Waals surface area contributed by atoms with Gasteiger partial charge in [-0.05, 0) is 43.4 Å². The zero-order chi connectivity index (χ0) is 15.2. The minimum Gasteiger partial charge on any atom is -0.388 e. The van der Waals surface area contributed by atoms with Crippen molar-refractivity contribution in [2.75, 3.05) is 26.3 Å². The van der Waals surface area contributed by atoms with Crippen molar-refractivity contribution in [2.24, 2.45) is 5.92 Å². The van der Waals surface area contributed by atoms with Gasteiger partial charge in [-0.3, -0.25) is 4.79 Å². The lowest BCUT2D eigenvalue weighted by molar-refractivity contribution is -0.138. The third-order valence-electron chi connectivity index (χ3n) is 3.98. The second-order valence-corrected chi connectivity index (χ2v) is 5.79. The Balaban J connectivity index is 1.85. The molecule has 1 amide bonds. The van der Waals surface area contributed by atoms with Gasteiger partial charge in [0.1, 0.15) is 6.61 Å². The summed E-state index contributed by atoms with van der Waals surface area (Å²) in [7, 11) is 0. The molecule has 1 aliphatic heterocycles. The van der Waals surface area contributed by atoms with Crippen molar-refractivity contribution in [3.05, 3.63) is 34.9 Å². The van der Waals surface area contributed by atoms with E-state index in [2.05, 4.69) is 0 Å². The molecule has 2 rings (SSSR count). The van der Waals surface area contributed by atoms with Crippen LogP contribution in [0.5, 0.6) is 0 Å². The zero-order valence-corrected chi connectivity index (χ0v) is 13.1. The number of piperidine rings is 1. The molecule has 4 nitrogen and oxygen atoms in total. The van der Waals surface area contributed by atoms with E-state index in [0.717, 1.165) is 18.4 Å². The van der Waals surface area contributed by atoms with Crippen LogP contribution in [0.2, 0.25) is 5.02 Å². The Morgan fingerprint density at radius 1 is 1.38 bits per heavy atom. The standard InChI is InChI=1S/C16H22ClNO3/c1-2-21-11-15(19)18-9-7-13(8-10-18)16(20)12-3-5-14(17)6-4-12/h3-6,13,16,20H,2,7-11H2,1H3/t16-/m1/s1. The smallest absolute Gasteiger partial charge is 0.248 e. The molecule has 0 bridgehead atoms. The Labute approximate surface area is 130 Å². The summed E-state index contributed by atoms with van der Waals surface area (Å²) >= 11 is 5.86. The van der Waals surface area contributed by atoms with Crippen LogP contribution in [0.3, 0.4) is 0 Å². The highest BCUT2D eigenvalue weighted by Gasteiger charge is 2.28. The summed E-state index contributed by atoms with van der Waals surface area (Å²) in [6.45, 7) is 3.95. The van der Waals surface area contributed by atoms with Crippen LogP contribution in [0.25, 0.3) is 0 Å². The number of amides is 1. The maximum Gasteiger partial charge on any atom is 0.248 e. The van der Waals surface area contributed by atoms with Gasteiger partial charge < -0.3 is 14.7 Å². The van der Waals surface area contributed by atoms with Crippen LogP contribution in [-0.4, -0.2) is 42.2 Å². The lowest BCUT2D eigenvalue weighted by Crippen LogP contribution is -2.41. The molecule has 1 fully saturated rings. The van der Waals surface area contributed by atoms with Crippen molar-refractivity contribution in [2.45, 2.75) is 25.9 Å². The summed E-state index contributed by atoms with van der Waals surface area (Å²) in [4.78, 5) is 13.7. The third-order valence-corrected chi connectivity index (χ3v) is 4.23. The Kier molecular flexibility index (Phi) is 6.03. The van der Waals surface area contributed by atoms with Gasteiger partial charge in [0.25, 0.3) is 0 Å². The molecule has 116 valence electrons. The van der Waals surface area contributed by atoms with Gasteiger partial charge in [-0.25, -0.2) is 0 Å². The van der Waals surface area contributed by atoms with Gasteiger partial charge in [0.15, 0.2) is 0 Å². The molecule has 1 aromatic carbocycles. The van der Waals surface area contributed by atoms with E-state index in [4.69, 9.17) is 16.3 Å². The van der Waals surface area contributed by atoms with Crippen LogP contribution in [0.4, 0.5) is 0 Å². The number of aliphatic hydroxyl groups excluding tert-OH is 1. The fraction of sp³-hybridized carbons (Fsp3) is 0.562. The van der Waals surface area contributed by atoms with E-state index in [1.807, 2.05) is 24.0 Å². The number of hydrogen-bond donors (Lipinski definition) is 1. The number of carbonyl (C=O) groups is 1. The largest absolute Gasteiger partial charge is 0.388 e. The quantitative estimate of drug-likeness (QED) is 0.909. The van der Waals surface area contributed by atoms with Gasteiger partial charge in [0.05, 0.1) is 6.10 Å². The number of ether oxygens (including phenoxy) is 1. The molecule has 1 aliphatic rings. The molecule has 0 spiro atoms. The van der Waals surface area contributed by atoms with Gasteiger partial charge in [-0.15, -0.1) is 0 Å². The van der Waals surface area contributed by atoms with Crippen LogP contribution in [0.1, 0.15) is 31.4 Å². The zero-order valence-electron chi connectivity index (χ0n) is 12.3. The first kappa shape index (κ1) is 16.3. The predicted octanol–water partition coefficient (Wildman–Crippen LogP) is 2.65. The van der Waals surface area contributed by atoms with E-state index >= 15 is 0 Å². The number of benzene rings is 1. The van der Waals surface area contributed by atoms with Crippen molar-refractivity contribution in [3.63, 3.8) is 0 Å². The van der Waals surface area contributed by atoms with Crippen LogP contribution < -0.4 is 0 Å². The highest BCUT2D eigenvalue weighted by atomic mass is 35.5. The number of nitrogens with zero attached hydrogens (tertiary/aromatic N) is 1. The fourth-order valence-corrected chi connectivity index (χ4v) is 2.80. The highest BCUT2D eigenvalue weighted by molar-refractivity contribution is 6.30. The van der Waals surface area contributed by atoms with Crippen LogP contribution in [0, 0.1) is 5.92 Å². The first-order chi connectivity index (χ1) is 10.1. The Morgan fingerprint density at radius 3 is 2.57 bits per heavy atom. The predicted molar refractivity (Wildman–Crippen MR) is 82.2 cm³/mol. The summed E-state index contributed by atoms with van der Waals surface area (Å²) in [6, 6.07) is 7.31. The minimum atomic E-state index is -0.494. The van der Waals surface area contributed by atoms with Gasteiger partial charge in [-0.1, -0.05) is 23.7 Å². The molecule has 0 radical (unpaired) electrons. The molecule has 5 heteroatoms. The van der Waals surface area contributed by atoms with E-state index < -0.39 is 6.10 Å². The highest BCUT2D eigenvalue weighted by Crippen LogP contribution is 2.31. The number of aliphatic hydroxyl groups is 1. The summed E-state index contributed by atoms with van der Waals surface area (Å²) in [5, 5.41) is 11.1. The van der Waals surface area contributed by atoms with Crippen molar-refractivity contribution >= 4 is 17.5 Å². The minimum absolute atomic E-state index is 0.0382. The van der Waals surface area contributed by atoms with Gasteiger partial charge in [-0.2, -0.15) is 0 Å². The fourth-order valence-electron chi connectivity index (χ4n) is 2.68. The molecule has 1 aromatic rings. The molecule has 1 atom stereocenters. The van der Waals surface area contributed by atoms with E-state index in [9.17, 15) is 9.90 Å². The number of carbonyl (C=O) groups excluding carboxylic acids is 1. The summed E-state index contributed by atoms with van der Waals surface area (Å²) < 4.78 is 5.15. The Morgan fingerprint density at radius 2 is 2.00 bits per heavy atom. The maximum absolute atomic E-state index is 11.9. The molecule has 0 saturated carbocycles. The molecule has 1 saturated heterocycles. The van der Waals surface area contributed by atoms with Crippen molar-refractivity contribution < 1.29 is 14.6 Å². The number of rotatable bonds is 5. The lowest BCUT2D eigenvalue weighted by atomic mass is 9.87. The summed E-state index contributed by atoms with van der Waals surface area (Å²) in [5.74, 6) is 0.221. The van der Waals surface area contributed by atoms with Gasteiger partial charge >= 0.3 is 0 Å². The SMILES string of the molecule is CCOCC(=O)N1CCC([C@H](O)c2ccc(Cl)cc2)CC1. The Hall–Kier alpha value is -1.10. The molecule has 1 N–H and O–H groups in total. The topological polar surface area (TPSA) is 49.8 Å². The van der Waals surface area contributed by atoms with E-state index in [-0.39, 0.29) is 18.4 Å². The van der Waals surface area contributed by atoms with Gasteiger partial charge in [0.2, 0.25) is 5.91 Å². The number of halogens is 1. The van der Waals surface area contributed by atoms with Gasteiger partial charge in [0, 0.05) is 24.7 Å². The molecule has 0 unspecified atom stereocenters. The summed E-state index contributed by atoms with van der Waals surface area (Å²) in [5.41, 5.74) is 0.887. The second-order valence-electron chi connectivity index (χ2n) is 5.35. The van der Waals surface area contributed by atoms with Crippen LogP contribution in [0.15, 0.2) is 24.3 Å². The first-order valence-corrected chi connectivity index (χ1v) is 7.78. The van der Waals surface area contributed by atoms with Crippen molar-refractivity contribution in [1.82, 2.24) is 4.90 Å². The molecule has 1 heterocycles. The average Bonchev–Trinajstić information content (AvgIpc) is 2.53. The lowest BCUT2D eigenvalue weighted by Gasteiger charge is -2.34. The first-order valence-electron chi connectivity index (χ1n) is 7.41. The van der Waals surface area contributed by atoms with E-state index in [1.54, 1.807) is 12.1 Å². The average molecular weight is 312 g/mol. The maximum atomic E-state index is 11.9. The summed E-state index contributed by atoms with van der Waals surface area (Å²) in [6.07, 6.45) is 1.12. The molecule has 21 heavy (non-hydrogen) atoms. The number of hydrogen-bond acceptors (Lipinski definition) is 3. The van der Waals surface area contributed by atoms with Crippen LogP contribution in [-0.2, 0) is 9.53 Å². The monoisotopic (exact) mass is 311 g/mol. The normalized spacial score (nSPS) is 17.8. The third kappa shape index (κ3) is 4.43. The van der Waals surface area contributed by atoms with E-state index in [0.29, 0.717) is 24.7 Å². The number of likely N-dealkylation sites (tertiary alicyclic amines) is 1. The molecular formula is C16H22ClNO3. The molecule has 0 aromatic heterocycles. The molecule has 0 aliphatic carbocycles.